The van der Waals surface area contributed by atoms with E-state index in [0.717, 1.165) is 24.2 Å². The van der Waals surface area contributed by atoms with E-state index in [1.807, 2.05) is 39.8 Å². The Balaban J connectivity index is 1.72. The highest BCUT2D eigenvalue weighted by atomic mass is 32.2. The molecule has 0 atom stereocenters. The van der Waals surface area contributed by atoms with Crippen molar-refractivity contribution in [1.82, 2.24) is 5.32 Å². The second kappa shape index (κ2) is 13.2. The molecular formula is C32H40FN3O6S. The average Bonchev–Trinajstić information content (AvgIpc) is 2.95. The molecule has 232 valence electrons. The molecule has 11 heteroatoms. The van der Waals surface area contributed by atoms with Gasteiger partial charge in [-0.3, -0.25) is 4.79 Å². The van der Waals surface area contributed by atoms with E-state index in [1.54, 1.807) is 30.1 Å². The molecular weight excluding hydrogens is 573 g/mol. The zero-order chi connectivity index (χ0) is 31.4. The molecule has 9 nitrogen and oxygen atoms in total. The van der Waals surface area contributed by atoms with E-state index in [2.05, 4.69) is 10.6 Å². The molecule has 0 spiro atoms. The number of ether oxygens (including phenoxy) is 2. The van der Waals surface area contributed by atoms with Crippen LogP contribution in [0.25, 0.3) is 11.1 Å². The molecule has 1 amide bonds. The van der Waals surface area contributed by atoms with Gasteiger partial charge in [0.2, 0.25) is 0 Å². The van der Waals surface area contributed by atoms with Gasteiger partial charge in [-0.1, -0.05) is 19.1 Å². The first-order valence-electron chi connectivity index (χ1n) is 14.3. The summed E-state index contributed by atoms with van der Waals surface area (Å²) in [6.07, 6.45) is 1.40. The molecule has 1 aliphatic heterocycles. The normalized spacial score (nSPS) is 14.2. The lowest BCUT2D eigenvalue weighted by atomic mass is 9.91. The number of nitrogens with one attached hydrogen (secondary N) is 2. The number of hydrogen-bond donors (Lipinski definition) is 2. The van der Waals surface area contributed by atoms with Gasteiger partial charge < -0.3 is 29.2 Å². The summed E-state index contributed by atoms with van der Waals surface area (Å²) in [5, 5.41) is 6.50. The van der Waals surface area contributed by atoms with Crippen LogP contribution in [0.4, 0.5) is 15.8 Å². The van der Waals surface area contributed by atoms with E-state index in [-0.39, 0.29) is 24.0 Å². The minimum absolute atomic E-state index is 0.0182. The van der Waals surface area contributed by atoms with Gasteiger partial charge in [-0.2, -0.15) is 8.42 Å². The summed E-state index contributed by atoms with van der Waals surface area (Å²) in [6.45, 7) is 8.93. The molecule has 0 bridgehead atoms. The number of halogens is 1. The van der Waals surface area contributed by atoms with Crippen LogP contribution < -0.4 is 29.2 Å². The van der Waals surface area contributed by atoms with Crippen molar-refractivity contribution in [2.75, 3.05) is 43.2 Å². The lowest BCUT2D eigenvalue weighted by molar-refractivity contribution is -0.121. The molecule has 0 saturated heterocycles. The molecule has 3 aromatic carbocycles. The van der Waals surface area contributed by atoms with Crippen LogP contribution in [0, 0.1) is 12.7 Å². The Morgan fingerprint density at radius 2 is 1.77 bits per heavy atom. The maximum absolute atomic E-state index is 14.0. The quantitative estimate of drug-likeness (QED) is 0.188. The highest BCUT2D eigenvalue weighted by molar-refractivity contribution is 7.87. The molecule has 0 saturated carbocycles. The Labute approximate surface area is 253 Å². The van der Waals surface area contributed by atoms with E-state index < -0.39 is 21.5 Å². The topological polar surface area (TPSA) is 106 Å². The van der Waals surface area contributed by atoms with Crippen molar-refractivity contribution in [2.45, 2.75) is 52.7 Å². The average molecular weight is 614 g/mol. The maximum Gasteiger partial charge on any atom is 0.309 e. The number of hydrogen-bond acceptors (Lipinski definition) is 8. The van der Waals surface area contributed by atoms with Gasteiger partial charge in [0.05, 0.1) is 24.2 Å². The first kappa shape index (κ1) is 32.1. The predicted molar refractivity (Wildman–Crippen MR) is 167 cm³/mol. The van der Waals surface area contributed by atoms with Gasteiger partial charge in [0.15, 0.2) is 0 Å². The van der Waals surface area contributed by atoms with Crippen molar-refractivity contribution in [3.05, 3.63) is 65.5 Å². The number of nitrogens with zero attached hydrogens (tertiary/aromatic N) is 1. The van der Waals surface area contributed by atoms with Crippen LogP contribution in [0.1, 0.15) is 44.7 Å². The van der Waals surface area contributed by atoms with Crippen molar-refractivity contribution in [3.63, 3.8) is 0 Å². The summed E-state index contributed by atoms with van der Waals surface area (Å²) >= 11 is 0. The number of fused-ring (bicyclic) bond motifs is 1. The highest BCUT2D eigenvalue weighted by Crippen LogP contribution is 2.45. The molecule has 4 rings (SSSR count). The third-order valence-corrected chi connectivity index (χ3v) is 8.52. The van der Waals surface area contributed by atoms with Crippen LogP contribution in [0.3, 0.4) is 0 Å². The number of carbonyl (C=O) groups is 1. The van der Waals surface area contributed by atoms with Crippen molar-refractivity contribution in [2.24, 2.45) is 0 Å². The molecule has 0 aliphatic carbocycles. The summed E-state index contributed by atoms with van der Waals surface area (Å²) in [5.41, 5.74) is 3.30. The lowest BCUT2D eigenvalue weighted by Crippen LogP contribution is -2.52. The first-order chi connectivity index (χ1) is 20.4. The lowest BCUT2D eigenvalue weighted by Gasteiger charge is -2.39. The summed E-state index contributed by atoms with van der Waals surface area (Å²) in [4.78, 5) is 14.9. The molecule has 43 heavy (non-hydrogen) atoms. The number of rotatable bonds is 13. The minimum Gasteiger partial charge on any atom is -0.496 e. The standard InChI is InChI=1S/C32H40FN3O6S/c1-7-15-34-16-8-17-43(38,39)42-23-11-12-25(29(19-23)40-6)24-13-14-27-30(36(5)31(37)32(3,4)35-27)26(24)20-41-28-18-22(33)10-9-21(28)2/h9-14,18-19,34-35H,7-8,15-17,20H2,1-6H3. The van der Waals surface area contributed by atoms with Gasteiger partial charge in [-0.15, -0.1) is 0 Å². The Kier molecular flexibility index (Phi) is 9.86. The summed E-state index contributed by atoms with van der Waals surface area (Å²) in [6, 6.07) is 12.9. The smallest absolute Gasteiger partial charge is 0.309 e. The number of amides is 1. The van der Waals surface area contributed by atoms with Crippen LogP contribution in [-0.2, 0) is 21.5 Å². The van der Waals surface area contributed by atoms with Crippen molar-refractivity contribution in [1.29, 1.82) is 0 Å². The maximum atomic E-state index is 14.0. The van der Waals surface area contributed by atoms with Crippen LogP contribution in [0.2, 0.25) is 0 Å². The third-order valence-electron chi connectivity index (χ3n) is 7.29. The zero-order valence-corrected chi connectivity index (χ0v) is 26.4. The van der Waals surface area contributed by atoms with E-state index in [1.165, 1.54) is 25.3 Å². The Bertz CT molecular complexity index is 1590. The summed E-state index contributed by atoms with van der Waals surface area (Å²) < 4.78 is 56.5. The number of methoxy groups -OCH3 is 1. The molecule has 2 N–H and O–H groups in total. The molecule has 0 fully saturated rings. The fourth-order valence-corrected chi connectivity index (χ4v) is 6.10. The van der Waals surface area contributed by atoms with Crippen molar-refractivity contribution < 1.29 is 31.3 Å². The molecule has 1 heterocycles. The van der Waals surface area contributed by atoms with Crippen LogP contribution in [-0.4, -0.2) is 52.9 Å². The van der Waals surface area contributed by atoms with E-state index in [9.17, 15) is 17.6 Å². The van der Waals surface area contributed by atoms with Gasteiger partial charge >= 0.3 is 10.1 Å². The van der Waals surface area contributed by atoms with Gasteiger partial charge in [0, 0.05) is 30.3 Å². The Morgan fingerprint density at radius 3 is 2.49 bits per heavy atom. The van der Waals surface area contributed by atoms with Gasteiger partial charge in [-0.25, -0.2) is 4.39 Å². The van der Waals surface area contributed by atoms with Gasteiger partial charge in [0.1, 0.15) is 35.2 Å². The SMILES string of the molecule is CCCNCCCS(=O)(=O)Oc1ccc(-c2ccc3c(c2COc2cc(F)ccc2C)N(C)C(=O)C(C)(C)N3)c(OC)c1. The van der Waals surface area contributed by atoms with Gasteiger partial charge in [-0.05, 0) is 82.1 Å². The van der Waals surface area contributed by atoms with Gasteiger partial charge in [0.25, 0.3) is 5.91 Å². The molecule has 0 radical (unpaired) electrons. The van der Waals surface area contributed by atoms with Crippen LogP contribution in [0.15, 0.2) is 48.5 Å². The number of carbonyl (C=O) groups excluding carboxylic acids is 1. The largest absolute Gasteiger partial charge is 0.496 e. The Morgan fingerprint density at radius 1 is 1.02 bits per heavy atom. The fraction of sp³-hybridized carbons (Fsp3) is 0.406. The van der Waals surface area contributed by atoms with E-state index >= 15 is 0 Å². The second-order valence-corrected chi connectivity index (χ2v) is 12.8. The minimum atomic E-state index is -3.81. The summed E-state index contributed by atoms with van der Waals surface area (Å²) in [5.74, 6) is 0.209. The highest BCUT2D eigenvalue weighted by Gasteiger charge is 2.38. The molecule has 3 aromatic rings. The predicted octanol–water partition coefficient (Wildman–Crippen LogP) is 5.65. The molecule has 0 aromatic heterocycles. The number of likely N-dealkylation sites (N-methyl/N-ethyl adjacent to an activating group) is 1. The molecule has 1 aliphatic rings. The fourth-order valence-electron chi connectivity index (χ4n) is 5.12. The Hall–Kier alpha value is -3.83. The zero-order valence-electron chi connectivity index (χ0n) is 25.5. The second-order valence-electron chi connectivity index (χ2n) is 11.1. The number of benzene rings is 3. The number of aryl methyl sites for hydroxylation is 1. The van der Waals surface area contributed by atoms with Crippen LogP contribution >= 0.6 is 0 Å². The van der Waals surface area contributed by atoms with Crippen molar-refractivity contribution >= 4 is 27.4 Å². The van der Waals surface area contributed by atoms with Crippen molar-refractivity contribution in [3.8, 4) is 28.4 Å². The first-order valence-corrected chi connectivity index (χ1v) is 15.9. The monoisotopic (exact) mass is 613 g/mol. The summed E-state index contributed by atoms with van der Waals surface area (Å²) in [7, 11) is -0.618. The van der Waals surface area contributed by atoms with E-state index in [4.69, 9.17) is 13.7 Å². The van der Waals surface area contributed by atoms with Crippen LogP contribution in [0.5, 0.6) is 17.2 Å². The van der Waals surface area contributed by atoms with E-state index in [0.29, 0.717) is 46.8 Å². The molecule has 0 unspecified atom stereocenters. The third kappa shape index (κ3) is 7.40. The number of anilines is 2.